The highest BCUT2D eigenvalue weighted by molar-refractivity contribution is 7.07. The summed E-state index contributed by atoms with van der Waals surface area (Å²) in [7, 11) is 0. The Hall–Kier alpha value is -1.69. The molecule has 0 aliphatic heterocycles. The lowest BCUT2D eigenvalue weighted by molar-refractivity contribution is 0.578. The number of anilines is 2. The van der Waals surface area contributed by atoms with Crippen molar-refractivity contribution >= 4 is 23.0 Å². The van der Waals surface area contributed by atoms with E-state index >= 15 is 0 Å². The summed E-state index contributed by atoms with van der Waals surface area (Å²) in [6.45, 7) is 1.86. The van der Waals surface area contributed by atoms with Crippen molar-refractivity contribution in [3.05, 3.63) is 40.1 Å². The minimum atomic E-state index is -0.851. The number of thiophene rings is 1. The Kier molecular flexibility index (Phi) is 3.23. The summed E-state index contributed by atoms with van der Waals surface area (Å²) in [6.07, 6.45) is 0. The Labute approximate surface area is 101 Å². The summed E-state index contributed by atoms with van der Waals surface area (Å²) in [5.41, 5.74) is 6.31. The molecule has 0 fully saturated rings. The second kappa shape index (κ2) is 4.67. The molecule has 2 aromatic heterocycles. The van der Waals surface area contributed by atoms with Gasteiger partial charge in [0.1, 0.15) is 0 Å². The Bertz CT molecular complexity index is 514. The molecule has 0 spiro atoms. The number of aromatic nitrogens is 1. The van der Waals surface area contributed by atoms with Crippen molar-refractivity contribution in [1.29, 1.82) is 0 Å². The van der Waals surface area contributed by atoms with E-state index in [1.807, 2.05) is 23.8 Å². The van der Waals surface area contributed by atoms with E-state index < -0.39 is 11.6 Å². The number of nitrogens with two attached hydrogens (primary N) is 1. The first-order valence-electron chi connectivity index (χ1n) is 4.98. The third-order valence-electron chi connectivity index (χ3n) is 2.35. The number of pyridine rings is 1. The van der Waals surface area contributed by atoms with Crippen molar-refractivity contribution in [2.24, 2.45) is 0 Å². The first-order chi connectivity index (χ1) is 8.08. The molecule has 3 N–H and O–H groups in total. The van der Waals surface area contributed by atoms with Crippen molar-refractivity contribution in [3.63, 3.8) is 0 Å². The maximum Gasteiger partial charge on any atom is 0.168 e. The molecule has 17 heavy (non-hydrogen) atoms. The van der Waals surface area contributed by atoms with E-state index in [0.717, 1.165) is 11.6 Å². The molecule has 1 unspecified atom stereocenters. The van der Waals surface area contributed by atoms with Crippen molar-refractivity contribution in [2.75, 3.05) is 11.1 Å². The molecule has 0 bridgehead atoms. The van der Waals surface area contributed by atoms with Crippen LogP contribution in [0.25, 0.3) is 0 Å². The fourth-order valence-corrected chi connectivity index (χ4v) is 2.15. The quantitative estimate of drug-likeness (QED) is 0.885. The van der Waals surface area contributed by atoms with Crippen LogP contribution in [-0.2, 0) is 0 Å². The molecule has 90 valence electrons. The molecule has 0 amide bonds. The predicted octanol–water partition coefficient (Wildman–Crippen LogP) is 3.18. The average molecular weight is 255 g/mol. The van der Waals surface area contributed by atoms with Gasteiger partial charge >= 0.3 is 0 Å². The van der Waals surface area contributed by atoms with Gasteiger partial charge in [-0.15, -0.1) is 0 Å². The van der Waals surface area contributed by atoms with Crippen LogP contribution in [0.15, 0.2) is 22.9 Å². The highest BCUT2D eigenvalue weighted by Crippen LogP contribution is 2.23. The Morgan fingerprint density at radius 3 is 2.82 bits per heavy atom. The summed E-state index contributed by atoms with van der Waals surface area (Å²) in [5.74, 6) is -1.95. The smallest absolute Gasteiger partial charge is 0.168 e. The van der Waals surface area contributed by atoms with Gasteiger partial charge in [-0.25, -0.2) is 13.8 Å². The highest BCUT2D eigenvalue weighted by Gasteiger charge is 2.13. The van der Waals surface area contributed by atoms with Gasteiger partial charge in [-0.05, 0) is 29.3 Å². The van der Waals surface area contributed by atoms with E-state index in [4.69, 9.17) is 5.73 Å². The average Bonchev–Trinajstić information content (AvgIpc) is 2.79. The molecule has 0 aliphatic rings. The standard InChI is InChI=1S/C11H11F2N3S/c1-6(7-2-3-17-5-7)15-11-9(13)4-8(12)10(14)16-11/h2-6H,1H3,(H3,14,15,16). The lowest BCUT2D eigenvalue weighted by Gasteiger charge is -2.14. The van der Waals surface area contributed by atoms with E-state index in [-0.39, 0.29) is 17.7 Å². The molecule has 2 aromatic rings. The zero-order valence-electron chi connectivity index (χ0n) is 9.08. The minimum absolute atomic E-state index is 0.0393. The highest BCUT2D eigenvalue weighted by atomic mass is 32.1. The van der Waals surface area contributed by atoms with Gasteiger partial charge in [-0.1, -0.05) is 0 Å². The molecule has 2 rings (SSSR count). The van der Waals surface area contributed by atoms with Crippen LogP contribution >= 0.6 is 11.3 Å². The van der Waals surface area contributed by atoms with E-state index in [1.165, 1.54) is 0 Å². The fourth-order valence-electron chi connectivity index (χ4n) is 1.39. The van der Waals surface area contributed by atoms with Gasteiger partial charge in [0.25, 0.3) is 0 Å². The van der Waals surface area contributed by atoms with Crippen molar-refractivity contribution in [3.8, 4) is 0 Å². The van der Waals surface area contributed by atoms with Crippen LogP contribution in [-0.4, -0.2) is 4.98 Å². The SMILES string of the molecule is CC(Nc1nc(N)c(F)cc1F)c1ccsc1. The van der Waals surface area contributed by atoms with E-state index in [9.17, 15) is 8.78 Å². The normalized spacial score (nSPS) is 12.4. The number of hydrogen-bond donors (Lipinski definition) is 2. The molecule has 0 radical (unpaired) electrons. The molecule has 0 saturated carbocycles. The third kappa shape index (κ3) is 2.52. The van der Waals surface area contributed by atoms with Gasteiger partial charge in [0.15, 0.2) is 23.3 Å². The number of nitrogens with one attached hydrogen (secondary N) is 1. The van der Waals surface area contributed by atoms with Crippen LogP contribution < -0.4 is 11.1 Å². The third-order valence-corrected chi connectivity index (χ3v) is 3.05. The van der Waals surface area contributed by atoms with Crippen LogP contribution in [0.5, 0.6) is 0 Å². The Morgan fingerprint density at radius 2 is 2.18 bits per heavy atom. The van der Waals surface area contributed by atoms with E-state index in [2.05, 4.69) is 10.3 Å². The lowest BCUT2D eigenvalue weighted by Crippen LogP contribution is -2.10. The molecule has 0 aliphatic carbocycles. The summed E-state index contributed by atoms with van der Waals surface area (Å²) in [6, 6.07) is 2.53. The zero-order chi connectivity index (χ0) is 12.4. The number of halogens is 2. The molecule has 2 heterocycles. The number of nitrogen functional groups attached to an aromatic ring is 1. The monoisotopic (exact) mass is 255 g/mol. The first kappa shape index (κ1) is 11.8. The number of nitrogens with zero attached hydrogens (tertiary/aromatic N) is 1. The van der Waals surface area contributed by atoms with E-state index in [1.54, 1.807) is 11.3 Å². The second-order valence-electron chi connectivity index (χ2n) is 3.61. The maximum atomic E-state index is 13.4. The zero-order valence-corrected chi connectivity index (χ0v) is 9.89. The summed E-state index contributed by atoms with van der Waals surface area (Å²) in [4.78, 5) is 3.64. The van der Waals surface area contributed by atoms with Crippen molar-refractivity contribution in [2.45, 2.75) is 13.0 Å². The molecule has 0 saturated heterocycles. The summed E-state index contributed by atoms with van der Waals surface area (Å²) < 4.78 is 26.3. The first-order valence-corrected chi connectivity index (χ1v) is 5.92. The van der Waals surface area contributed by atoms with E-state index in [0.29, 0.717) is 0 Å². The molecule has 3 nitrogen and oxygen atoms in total. The van der Waals surface area contributed by atoms with Gasteiger partial charge < -0.3 is 11.1 Å². The fraction of sp³-hybridized carbons (Fsp3) is 0.182. The summed E-state index contributed by atoms with van der Waals surface area (Å²) >= 11 is 1.55. The molecular weight excluding hydrogens is 244 g/mol. The van der Waals surface area contributed by atoms with Crippen molar-refractivity contribution in [1.82, 2.24) is 4.98 Å². The largest absolute Gasteiger partial charge is 0.381 e. The predicted molar refractivity (Wildman–Crippen MR) is 64.9 cm³/mol. The number of hydrogen-bond acceptors (Lipinski definition) is 4. The van der Waals surface area contributed by atoms with Crippen LogP contribution in [0.2, 0.25) is 0 Å². The maximum absolute atomic E-state index is 13.4. The van der Waals surface area contributed by atoms with Gasteiger partial charge in [0, 0.05) is 6.07 Å². The van der Waals surface area contributed by atoms with Gasteiger partial charge in [0.05, 0.1) is 6.04 Å². The lowest BCUT2D eigenvalue weighted by atomic mass is 10.2. The molecule has 0 aromatic carbocycles. The van der Waals surface area contributed by atoms with Crippen LogP contribution in [0.3, 0.4) is 0 Å². The molecule has 1 atom stereocenters. The van der Waals surface area contributed by atoms with Gasteiger partial charge in [-0.3, -0.25) is 0 Å². The number of rotatable bonds is 3. The van der Waals surface area contributed by atoms with Gasteiger partial charge in [-0.2, -0.15) is 11.3 Å². The van der Waals surface area contributed by atoms with Gasteiger partial charge in [0.2, 0.25) is 0 Å². The molecule has 6 heteroatoms. The Balaban J connectivity index is 2.22. The second-order valence-corrected chi connectivity index (χ2v) is 4.39. The Morgan fingerprint density at radius 1 is 1.41 bits per heavy atom. The topological polar surface area (TPSA) is 50.9 Å². The minimum Gasteiger partial charge on any atom is -0.381 e. The van der Waals surface area contributed by atoms with Crippen LogP contribution in [0, 0.1) is 11.6 Å². The van der Waals surface area contributed by atoms with Crippen molar-refractivity contribution < 1.29 is 8.78 Å². The van der Waals surface area contributed by atoms with Crippen LogP contribution in [0.1, 0.15) is 18.5 Å². The molecular formula is C11H11F2N3S. The van der Waals surface area contributed by atoms with Crippen LogP contribution in [0.4, 0.5) is 20.4 Å². The summed E-state index contributed by atoms with van der Waals surface area (Å²) in [5, 5.41) is 6.73.